The van der Waals surface area contributed by atoms with Crippen LogP contribution in [0.15, 0.2) is 47.6 Å². The predicted molar refractivity (Wildman–Crippen MR) is 93.9 cm³/mol. The van der Waals surface area contributed by atoms with Gasteiger partial charge >= 0.3 is 0 Å². The number of nitrogens with zero attached hydrogens (tertiary/aromatic N) is 3. The van der Waals surface area contributed by atoms with E-state index in [-0.39, 0.29) is 5.69 Å². The number of amides is 1. The van der Waals surface area contributed by atoms with Crippen LogP contribution in [0.25, 0.3) is 0 Å². The van der Waals surface area contributed by atoms with Gasteiger partial charge in [0.1, 0.15) is 0 Å². The average molecular weight is 347 g/mol. The van der Waals surface area contributed by atoms with Gasteiger partial charge in [-0.3, -0.25) is 14.9 Å². The summed E-state index contributed by atoms with van der Waals surface area (Å²) in [5.41, 5.74) is 3.94. The first kappa shape index (κ1) is 17.4. The molecule has 0 saturated heterocycles. The minimum Gasteiger partial charge on any atom is -0.378 e. The Balaban J connectivity index is 2.11. The molecule has 0 aromatic heterocycles. The van der Waals surface area contributed by atoms with E-state index in [1.54, 1.807) is 18.2 Å². The van der Waals surface area contributed by atoms with Crippen LogP contribution in [0, 0.1) is 10.1 Å². The van der Waals surface area contributed by atoms with Crippen molar-refractivity contribution in [1.29, 1.82) is 0 Å². The number of hydrogen-bond donors (Lipinski definition) is 1. The van der Waals surface area contributed by atoms with Crippen LogP contribution in [0.4, 0.5) is 11.4 Å². The van der Waals surface area contributed by atoms with E-state index < -0.39 is 10.8 Å². The van der Waals surface area contributed by atoms with Crippen LogP contribution in [0.5, 0.6) is 0 Å². The Hall–Kier alpha value is -2.93. The second-order valence-corrected chi connectivity index (χ2v) is 5.51. The molecule has 0 radical (unpaired) electrons. The highest BCUT2D eigenvalue weighted by molar-refractivity contribution is 6.33. The van der Waals surface area contributed by atoms with Gasteiger partial charge in [0.25, 0.3) is 11.6 Å². The second kappa shape index (κ2) is 7.56. The lowest BCUT2D eigenvalue weighted by Gasteiger charge is -2.12. The molecule has 24 heavy (non-hydrogen) atoms. The molecule has 0 bridgehead atoms. The van der Waals surface area contributed by atoms with Crippen LogP contribution >= 0.6 is 11.6 Å². The quantitative estimate of drug-likeness (QED) is 0.512. The number of non-ortho nitro benzene ring substituents is 1. The lowest BCUT2D eigenvalue weighted by atomic mass is 10.2. The zero-order chi connectivity index (χ0) is 17.7. The number of anilines is 1. The lowest BCUT2D eigenvalue weighted by molar-refractivity contribution is -0.384. The van der Waals surface area contributed by atoms with Crippen molar-refractivity contribution in [2.75, 3.05) is 19.0 Å². The third-order valence-electron chi connectivity index (χ3n) is 3.18. The Morgan fingerprint density at radius 2 is 2.04 bits per heavy atom. The van der Waals surface area contributed by atoms with Crippen LogP contribution in [0.3, 0.4) is 0 Å². The zero-order valence-corrected chi connectivity index (χ0v) is 13.8. The first-order chi connectivity index (χ1) is 11.4. The van der Waals surface area contributed by atoms with Crippen molar-refractivity contribution in [1.82, 2.24) is 5.43 Å². The standard InChI is InChI=1S/C16H15ClN4O3/c1-20(2)13-5-3-4-11(8-13)16(22)19-18-10-12-9-14(21(23)24)6-7-15(12)17/h3-10H,1-2H3,(H,19,22)/b18-10-. The van der Waals surface area contributed by atoms with E-state index in [1.165, 1.54) is 24.4 Å². The van der Waals surface area contributed by atoms with Crippen molar-refractivity contribution < 1.29 is 9.72 Å². The van der Waals surface area contributed by atoms with E-state index >= 15 is 0 Å². The predicted octanol–water partition coefficient (Wildman–Crippen LogP) is 3.08. The SMILES string of the molecule is CN(C)c1cccc(C(=O)N/N=C\c2cc([N+](=O)[O-])ccc2Cl)c1. The molecule has 0 heterocycles. The molecule has 0 fully saturated rings. The first-order valence-corrected chi connectivity index (χ1v) is 7.31. The number of nitro benzene ring substituents is 1. The lowest BCUT2D eigenvalue weighted by Crippen LogP contribution is -2.18. The Labute approximate surface area is 143 Å². The summed E-state index contributed by atoms with van der Waals surface area (Å²) >= 11 is 5.96. The molecular formula is C16H15ClN4O3. The zero-order valence-electron chi connectivity index (χ0n) is 13.1. The molecule has 1 N–H and O–H groups in total. The van der Waals surface area contributed by atoms with E-state index in [1.807, 2.05) is 25.1 Å². The molecule has 0 spiro atoms. The highest BCUT2D eigenvalue weighted by Gasteiger charge is 2.09. The van der Waals surface area contributed by atoms with Crippen LogP contribution in [-0.4, -0.2) is 31.1 Å². The molecule has 2 aromatic carbocycles. The molecule has 0 saturated carbocycles. The first-order valence-electron chi connectivity index (χ1n) is 6.93. The van der Waals surface area contributed by atoms with Gasteiger partial charge in [0.05, 0.1) is 11.1 Å². The van der Waals surface area contributed by atoms with Crippen molar-refractivity contribution >= 4 is 35.1 Å². The van der Waals surface area contributed by atoms with Gasteiger partial charge in [-0.2, -0.15) is 5.10 Å². The fraction of sp³-hybridized carbons (Fsp3) is 0.125. The number of halogens is 1. The van der Waals surface area contributed by atoms with Crippen molar-refractivity contribution in [2.45, 2.75) is 0 Å². The summed E-state index contributed by atoms with van der Waals surface area (Å²) in [7, 11) is 3.75. The molecule has 0 aliphatic heterocycles. The van der Waals surface area contributed by atoms with Crippen molar-refractivity contribution in [3.05, 3.63) is 68.7 Å². The van der Waals surface area contributed by atoms with Crippen molar-refractivity contribution in [3.8, 4) is 0 Å². The monoisotopic (exact) mass is 346 g/mol. The highest BCUT2D eigenvalue weighted by Crippen LogP contribution is 2.20. The van der Waals surface area contributed by atoms with E-state index in [2.05, 4.69) is 10.5 Å². The molecule has 8 heteroatoms. The van der Waals surface area contributed by atoms with Crippen LogP contribution < -0.4 is 10.3 Å². The Morgan fingerprint density at radius 3 is 2.71 bits per heavy atom. The summed E-state index contributed by atoms with van der Waals surface area (Å²) in [5, 5.41) is 14.9. The van der Waals surface area contributed by atoms with Gasteiger partial charge in [-0.25, -0.2) is 5.43 Å². The van der Waals surface area contributed by atoms with Gasteiger partial charge in [-0.05, 0) is 24.3 Å². The Morgan fingerprint density at radius 1 is 1.29 bits per heavy atom. The van der Waals surface area contributed by atoms with Gasteiger partial charge < -0.3 is 4.90 Å². The number of benzene rings is 2. The molecule has 1 amide bonds. The van der Waals surface area contributed by atoms with Gasteiger partial charge in [-0.15, -0.1) is 0 Å². The number of hydrazone groups is 1. The van der Waals surface area contributed by atoms with Crippen LogP contribution in [0.1, 0.15) is 15.9 Å². The summed E-state index contributed by atoms with van der Waals surface area (Å²) in [6.07, 6.45) is 1.27. The summed E-state index contributed by atoms with van der Waals surface area (Å²) in [5.74, 6) is -0.392. The van der Waals surface area contributed by atoms with Gasteiger partial charge in [-0.1, -0.05) is 17.7 Å². The minimum absolute atomic E-state index is 0.106. The number of carbonyl (C=O) groups excluding carboxylic acids is 1. The van der Waals surface area contributed by atoms with Gasteiger partial charge in [0.2, 0.25) is 0 Å². The van der Waals surface area contributed by atoms with Crippen LogP contribution in [-0.2, 0) is 0 Å². The van der Waals surface area contributed by atoms with Crippen LogP contribution in [0.2, 0.25) is 5.02 Å². The molecule has 0 atom stereocenters. The van der Waals surface area contributed by atoms with Gasteiger partial charge in [0.15, 0.2) is 0 Å². The van der Waals surface area contributed by atoms with Crippen molar-refractivity contribution in [3.63, 3.8) is 0 Å². The third kappa shape index (κ3) is 4.30. The maximum absolute atomic E-state index is 12.1. The van der Waals surface area contributed by atoms with E-state index in [0.29, 0.717) is 16.1 Å². The molecule has 7 nitrogen and oxygen atoms in total. The molecule has 2 aromatic rings. The topological polar surface area (TPSA) is 87.8 Å². The number of nitro groups is 1. The number of rotatable bonds is 5. The summed E-state index contributed by atoms with van der Waals surface area (Å²) in [6.45, 7) is 0. The molecule has 2 rings (SSSR count). The van der Waals surface area contributed by atoms with E-state index in [9.17, 15) is 14.9 Å². The fourth-order valence-electron chi connectivity index (χ4n) is 1.89. The summed E-state index contributed by atoms with van der Waals surface area (Å²) in [4.78, 5) is 24.2. The summed E-state index contributed by atoms with van der Waals surface area (Å²) < 4.78 is 0. The Kier molecular flexibility index (Phi) is 5.49. The normalized spacial score (nSPS) is 10.6. The average Bonchev–Trinajstić information content (AvgIpc) is 2.56. The Bertz CT molecular complexity index is 806. The molecule has 124 valence electrons. The highest BCUT2D eigenvalue weighted by atomic mass is 35.5. The molecule has 0 aliphatic carbocycles. The molecular weight excluding hydrogens is 332 g/mol. The number of carbonyl (C=O) groups is 1. The summed E-state index contributed by atoms with van der Waals surface area (Å²) in [6, 6.07) is 11.0. The maximum Gasteiger partial charge on any atom is 0.271 e. The minimum atomic E-state index is -0.529. The number of nitrogens with one attached hydrogen (secondary N) is 1. The smallest absolute Gasteiger partial charge is 0.271 e. The third-order valence-corrected chi connectivity index (χ3v) is 3.53. The van der Waals surface area contributed by atoms with Crippen molar-refractivity contribution in [2.24, 2.45) is 5.10 Å². The van der Waals surface area contributed by atoms with E-state index in [0.717, 1.165) is 5.69 Å². The van der Waals surface area contributed by atoms with E-state index in [4.69, 9.17) is 11.6 Å². The molecule has 0 unspecified atom stereocenters. The maximum atomic E-state index is 12.1. The number of hydrogen-bond acceptors (Lipinski definition) is 5. The second-order valence-electron chi connectivity index (χ2n) is 5.11. The fourth-order valence-corrected chi connectivity index (χ4v) is 2.06. The largest absolute Gasteiger partial charge is 0.378 e. The van der Waals surface area contributed by atoms with Gasteiger partial charge in [0, 0.05) is 48.1 Å². The molecule has 0 aliphatic rings.